The van der Waals surface area contributed by atoms with Gasteiger partial charge in [-0.05, 0) is 41.2 Å². The molecule has 1 atom stereocenters. The van der Waals surface area contributed by atoms with E-state index in [1.807, 2.05) is 0 Å². The molecule has 0 spiro atoms. The molecular weight excluding hydrogens is 220 g/mol. The third kappa shape index (κ3) is 2.28. The van der Waals surface area contributed by atoms with Gasteiger partial charge in [-0.25, -0.2) is 0 Å². The Labute approximate surface area is 108 Å². The fourth-order valence-electron chi connectivity index (χ4n) is 3.11. The number of aliphatic hydroxyl groups excluding tert-OH is 1. The van der Waals surface area contributed by atoms with Crippen molar-refractivity contribution in [3.8, 4) is 0 Å². The number of aliphatic hydroxyl groups is 1. The fourth-order valence-corrected chi connectivity index (χ4v) is 3.11. The highest BCUT2D eigenvalue weighted by atomic mass is 16.3. The summed E-state index contributed by atoms with van der Waals surface area (Å²) >= 11 is 0. The maximum absolute atomic E-state index is 10.5. The highest BCUT2D eigenvalue weighted by molar-refractivity contribution is 5.83. The van der Waals surface area contributed by atoms with Crippen LogP contribution in [-0.2, 0) is 0 Å². The Hall–Kier alpha value is -1.34. The van der Waals surface area contributed by atoms with Gasteiger partial charge in [-0.15, -0.1) is 0 Å². The third-order valence-electron chi connectivity index (χ3n) is 4.21. The molecule has 94 valence electrons. The lowest BCUT2D eigenvalue weighted by molar-refractivity contribution is 0.0849. The molecule has 0 amide bonds. The van der Waals surface area contributed by atoms with Gasteiger partial charge in [0.25, 0.3) is 0 Å². The first-order valence-corrected chi connectivity index (χ1v) is 7.01. The van der Waals surface area contributed by atoms with Crippen LogP contribution in [0.4, 0.5) is 0 Å². The molecule has 1 aliphatic carbocycles. The molecule has 2 aromatic rings. The molecular formula is C17H20O. The molecule has 1 heteroatoms. The van der Waals surface area contributed by atoms with Crippen molar-refractivity contribution in [1.82, 2.24) is 0 Å². The molecule has 1 fully saturated rings. The summed E-state index contributed by atoms with van der Waals surface area (Å²) in [6, 6.07) is 14.7. The van der Waals surface area contributed by atoms with Gasteiger partial charge >= 0.3 is 0 Å². The van der Waals surface area contributed by atoms with Gasteiger partial charge in [-0.3, -0.25) is 0 Å². The number of benzene rings is 2. The van der Waals surface area contributed by atoms with E-state index in [0.29, 0.717) is 5.92 Å². The predicted molar refractivity (Wildman–Crippen MR) is 75.5 cm³/mol. The molecule has 0 saturated heterocycles. The zero-order valence-electron chi connectivity index (χ0n) is 10.7. The molecule has 1 saturated carbocycles. The Balaban J connectivity index is 1.88. The molecule has 3 rings (SSSR count). The van der Waals surface area contributed by atoms with Gasteiger partial charge in [0.15, 0.2) is 0 Å². The lowest BCUT2D eigenvalue weighted by Gasteiger charge is -2.27. The summed E-state index contributed by atoms with van der Waals surface area (Å²) in [6.07, 6.45) is 5.95. The van der Waals surface area contributed by atoms with Crippen molar-refractivity contribution >= 4 is 10.8 Å². The Bertz CT molecular complexity index is 526. The molecule has 1 unspecified atom stereocenters. The summed E-state index contributed by atoms with van der Waals surface area (Å²) in [6.45, 7) is 0. The van der Waals surface area contributed by atoms with Crippen molar-refractivity contribution in [2.75, 3.05) is 0 Å². The highest BCUT2D eigenvalue weighted by Crippen LogP contribution is 2.35. The molecule has 0 bridgehead atoms. The molecule has 18 heavy (non-hydrogen) atoms. The summed E-state index contributed by atoms with van der Waals surface area (Å²) in [5.41, 5.74) is 1.08. The van der Waals surface area contributed by atoms with E-state index in [-0.39, 0.29) is 6.10 Å². The van der Waals surface area contributed by atoms with Crippen LogP contribution >= 0.6 is 0 Å². The molecule has 0 aliphatic heterocycles. The van der Waals surface area contributed by atoms with Gasteiger partial charge in [-0.2, -0.15) is 0 Å². The lowest BCUT2D eigenvalue weighted by Crippen LogP contribution is -2.15. The lowest BCUT2D eigenvalue weighted by atomic mass is 9.82. The normalized spacial score (nSPS) is 18.9. The van der Waals surface area contributed by atoms with E-state index in [9.17, 15) is 5.11 Å². The number of fused-ring (bicyclic) bond motifs is 1. The summed E-state index contributed by atoms with van der Waals surface area (Å²) in [4.78, 5) is 0. The molecule has 0 heterocycles. The zero-order chi connectivity index (χ0) is 12.4. The van der Waals surface area contributed by atoms with E-state index in [2.05, 4.69) is 42.5 Å². The maximum atomic E-state index is 10.5. The van der Waals surface area contributed by atoms with Crippen LogP contribution in [0.1, 0.15) is 43.8 Å². The van der Waals surface area contributed by atoms with E-state index < -0.39 is 0 Å². The largest absolute Gasteiger partial charge is 0.388 e. The molecule has 1 aliphatic rings. The fraction of sp³-hybridized carbons (Fsp3) is 0.412. The topological polar surface area (TPSA) is 20.2 Å². The van der Waals surface area contributed by atoms with Gasteiger partial charge in [0.1, 0.15) is 0 Å². The quantitative estimate of drug-likeness (QED) is 0.822. The number of hydrogen-bond acceptors (Lipinski definition) is 1. The van der Waals surface area contributed by atoms with Crippen LogP contribution in [-0.4, -0.2) is 5.11 Å². The Morgan fingerprint density at radius 1 is 0.889 bits per heavy atom. The first kappa shape index (κ1) is 11.7. The standard InChI is InChI=1S/C17H20O/c18-17(14-7-2-1-3-8-14)16-11-10-13-6-4-5-9-15(13)12-16/h4-6,9-12,14,17-18H,1-3,7-8H2. The first-order valence-electron chi connectivity index (χ1n) is 7.01. The van der Waals surface area contributed by atoms with Crippen LogP contribution in [0.15, 0.2) is 42.5 Å². The van der Waals surface area contributed by atoms with Gasteiger partial charge in [-0.1, -0.05) is 55.7 Å². The van der Waals surface area contributed by atoms with Gasteiger partial charge < -0.3 is 5.11 Å². The zero-order valence-corrected chi connectivity index (χ0v) is 10.7. The second-order valence-corrected chi connectivity index (χ2v) is 5.45. The van der Waals surface area contributed by atoms with Crippen LogP contribution in [0, 0.1) is 5.92 Å². The first-order chi connectivity index (χ1) is 8.84. The van der Waals surface area contributed by atoms with Crippen LogP contribution in [0.3, 0.4) is 0 Å². The minimum atomic E-state index is -0.282. The average Bonchev–Trinajstić information content (AvgIpc) is 2.47. The minimum absolute atomic E-state index is 0.282. The molecule has 0 aromatic heterocycles. The summed E-state index contributed by atoms with van der Waals surface area (Å²) < 4.78 is 0. The van der Waals surface area contributed by atoms with Gasteiger partial charge in [0, 0.05) is 0 Å². The minimum Gasteiger partial charge on any atom is -0.388 e. The molecule has 1 N–H and O–H groups in total. The second kappa shape index (κ2) is 5.11. The Morgan fingerprint density at radius 3 is 2.39 bits per heavy atom. The van der Waals surface area contributed by atoms with E-state index in [0.717, 1.165) is 5.56 Å². The highest BCUT2D eigenvalue weighted by Gasteiger charge is 2.22. The predicted octanol–water partition coefficient (Wildman–Crippen LogP) is 4.45. The van der Waals surface area contributed by atoms with Gasteiger partial charge in [0.05, 0.1) is 6.10 Å². The monoisotopic (exact) mass is 240 g/mol. The average molecular weight is 240 g/mol. The van der Waals surface area contributed by atoms with Crippen molar-refractivity contribution in [3.05, 3.63) is 48.0 Å². The molecule has 1 nitrogen and oxygen atoms in total. The Morgan fingerprint density at radius 2 is 1.61 bits per heavy atom. The number of hydrogen-bond donors (Lipinski definition) is 1. The van der Waals surface area contributed by atoms with Crippen LogP contribution in [0.2, 0.25) is 0 Å². The van der Waals surface area contributed by atoms with E-state index in [4.69, 9.17) is 0 Å². The van der Waals surface area contributed by atoms with Crippen molar-refractivity contribution in [1.29, 1.82) is 0 Å². The van der Waals surface area contributed by atoms with E-state index in [1.54, 1.807) is 0 Å². The molecule has 0 radical (unpaired) electrons. The van der Waals surface area contributed by atoms with Crippen LogP contribution < -0.4 is 0 Å². The van der Waals surface area contributed by atoms with Crippen LogP contribution in [0.5, 0.6) is 0 Å². The summed E-state index contributed by atoms with van der Waals surface area (Å²) in [5, 5.41) is 13.0. The smallest absolute Gasteiger partial charge is 0.0818 e. The SMILES string of the molecule is OC(c1ccc2ccccc2c1)C1CCCCC1. The number of rotatable bonds is 2. The van der Waals surface area contributed by atoms with Crippen molar-refractivity contribution in [2.45, 2.75) is 38.2 Å². The van der Waals surface area contributed by atoms with Crippen molar-refractivity contribution < 1.29 is 5.11 Å². The Kier molecular flexibility index (Phi) is 3.33. The molecule has 2 aromatic carbocycles. The summed E-state index contributed by atoms with van der Waals surface area (Å²) in [7, 11) is 0. The third-order valence-corrected chi connectivity index (χ3v) is 4.21. The van der Waals surface area contributed by atoms with Gasteiger partial charge in [0.2, 0.25) is 0 Å². The summed E-state index contributed by atoms with van der Waals surface area (Å²) in [5.74, 6) is 0.458. The second-order valence-electron chi connectivity index (χ2n) is 5.45. The van der Waals surface area contributed by atoms with Crippen molar-refractivity contribution in [3.63, 3.8) is 0 Å². The van der Waals surface area contributed by atoms with E-state index in [1.165, 1.54) is 42.9 Å². The van der Waals surface area contributed by atoms with Crippen molar-refractivity contribution in [2.24, 2.45) is 5.92 Å². The van der Waals surface area contributed by atoms with Crippen LogP contribution in [0.25, 0.3) is 10.8 Å². The maximum Gasteiger partial charge on any atom is 0.0818 e. The van der Waals surface area contributed by atoms with E-state index >= 15 is 0 Å².